The predicted octanol–water partition coefficient (Wildman–Crippen LogP) is 0.580. The lowest BCUT2D eigenvalue weighted by molar-refractivity contribution is 0.344. The van der Waals surface area contributed by atoms with Gasteiger partial charge in [-0.25, -0.2) is 0 Å². The van der Waals surface area contributed by atoms with Gasteiger partial charge in [0.2, 0.25) is 5.89 Å². The van der Waals surface area contributed by atoms with Crippen LogP contribution in [0.3, 0.4) is 0 Å². The van der Waals surface area contributed by atoms with Crippen LogP contribution in [-0.2, 0) is 12.0 Å². The Balaban J connectivity index is 2.25. The minimum absolute atomic E-state index is 0.277. The Hall–Kier alpha value is -0.900. The normalized spacial score (nSPS) is 20.2. The first-order valence-electron chi connectivity index (χ1n) is 3.86. The van der Waals surface area contributed by atoms with E-state index in [1.54, 1.807) is 0 Å². The topological polar surface area (TPSA) is 64.9 Å². The summed E-state index contributed by atoms with van der Waals surface area (Å²) in [5.41, 5.74) is 5.56. The molecule has 1 aliphatic carbocycles. The largest absolute Gasteiger partial charge is 0.337 e. The van der Waals surface area contributed by atoms with E-state index in [-0.39, 0.29) is 5.54 Å². The third kappa shape index (κ3) is 1.03. The van der Waals surface area contributed by atoms with Gasteiger partial charge in [-0.05, 0) is 12.8 Å². The van der Waals surface area contributed by atoms with Crippen LogP contribution < -0.4 is 5.73 Å². The number of nitrogens with two attached hydrogens (primary N) is 1. The first-order chi connectivity index (χ1) is 5.24. The van der Waals surface area contributed by atoms with Crippen molar-refractivity contribution < 1.29 is 4.52 Å². The molecule has 0 aromatic carbocycles. The van der Waals surface area contributed by atoms with Gasteiger partial charge in [-0.1, -0.05) is 12.1 Å². The highest BCUT2D eigenvalue weighted by atomic mass is 16.5. The first-order valence-corrected chi connectivity index (χ1v) is 3.86. The fourth-order valence-corrected chi connectivity index (χ4v) is 0.948. The van der Waals surface area contributed by atoms with Gasteiger partial charge < -0.3 is 10.3 Å². The lowest BCUT2D eigenvalue weighted by Crippen LogP contribution is -2.19. The summed E-state index contributed by atoms with van der Waals surface area (Å²) in [6, 6.07) is 0. The van der Waals surface area contributed by atoms with E-state index in [2.05, 4.69) is 10.1 Å². The fourth-order valence-electron chi connectivity index (χ4n) is 0.948. The third-order valence-corrected chi connectivity index (χ3v) is 2.00. The van der Waals surface area contributed by atoms with E-state index in [9.17, 15) is 0 Å². The number of rotatable bonds is 2. The molecule has 1 heterocycles. The smallest absolute Gasteiger partial charge is 0.246 e. The Labute approximate surface area is 64.8 Å². The highest BCUT2D eigenvalue weighted by Gasteiger charge is 2.45. The highest BCUT2D eigenvalue weighted by Crippen LogP contribution is 2.41. The zero-order valence-corrected chi connectivity index (χ0v) is 6.50. The van der Waals surface area contributed by atoms with Crippen LogP contribution in [0.4, 0.5) is 0 Å². The molecule has 1 aromatic heterocycles. The fraction of sp³-hybridized carbons (Fsp3) is 0.714. The van der Waals surface area contributed by atoms with E-state index in [4.69, 9.17) is 10.3 Å². The Morgan fingerprint density at radius 3 is 2.82 bits per heavy atom. The molecule has 2 N–H and O–H groups in total. The van der Waals surface area contributed by atoms with Crippen molar-refractivity contribution in [1.82, 2.24) is 10.1 Å². The molecule has 1 aliphatic rings. The van der Waals surface area contributed by atoms with Crippen LogP contribution in [0.1, 0.15) is 31.5 Å². The minimum atomic E-state index is -0.277. The second kappa shape index (κ2) is 2.04. The second-order valence-corrected chi connectivity index (χ2v) is 3.03. The van der Waals surface area contributed by atoms with Crippen LogP contribution in [0.25, 0.3) is 0 Å². The molecule has 0 atom stereocenters. The molecule has 0 spiro atoms. The van der Waals surface area contributed by atoms with Crippen molar-refractivity contribution >= 4 is 0 Å². The molecule has 11 heavy (non-hydrogen) atoms. The zero-order chi connectivity index (χ0) is 7.90. The van der Waals surface area contributed by atoms with Crippen molar-refractivity contribution in [2.45, 2.75) is 31.7 Å². The van der Waals surface area contributed by atoms with Gasteiger partial charge in [-0.2, -0.15) is 4.98 Å². The summed E-state index contributed by atoms with van der Waals surface area (Å²) in [7, 11) is 0. The molecular formula is C7H11N3O. The van der Waals surface area contributed by atoms with Crippen LogP contribution >= 0.6 is 0 Å². The summed E-state index contributed by atoms with van der Waals surface area (Å²) in [6.45, 7) is 1.99. The summed E-state index contributed by atoms with van der Waals surface area (Å²) in [4.78, 5) is 4.16. The van der Waals surface area contributed by atoms with Gasteiger partial charge in [0.15, 0.2) is 5.82 Å². The maximum atomic E-state index is 5.84. The number of hydrogen-bond donors (Lipinski definition) is 1. The molecule has 0 amide bonds. The molecular weight excluding hydrogens is 142 g/mol. The molecule has 1 fully saturated rings. The standard InChI is InChI=1S/C7H11N3O/c1-2-5-9-6(11-10-5)7(8)3-4-7/h2-4,8H2,1H3. The van der Waals surface area contributed by atoms with Gasteiger partial charge in [0.05, 0.1) is 5.54 Å². The van der Waals surface area contributed by atoms with Crippen LogP contribution in [-0.4, -0.2) is 10.1 Å². The van der Waals surface area contributed by atoms with Crippen molar-refractivity contribution in [3.05, 3.63) is 11.7 Å². The number of hydrogen-bond acceptors (Lipinski definition) is 4. The lowest BCUT2D eigenvalue weighted by atomic mass is 10.3. The van der Waals surface area contributed by atoms with Crippen molar-refractivity contribution in [2.24, 2.45) is 5.73 Å². The molecule has 0 saturated heterocycles. The van der Waals surface area contributed by atoms with Crippen LogP contribution in [0, 0.1) is 0 Å². The van der Waals surface area contributed by atoms with Gasteiger partial charge in [-0.15, -0.1) is 0 Å². The minimum Gasteiger partial charge on any atom is -0.337 e. The third-order valence-electron chi connectivity index (χ3n) is 2.00. The molecule has 1 aromatic rings. The van der Waals surface area contributed by atoms with Crippen molar-refractivity contribution in [2.75, 3.05) is 0 Å². The van der Waals surface area contributed by atoms with E-state index in [1.165, 1.54) is 0 Å². The highest BCUT2D eigenvalue weighted by molar-refractivity contribution is 5.11. The monoisotopic (exact) mass is 153 g/mol. The first kappa shape index (κ1) is 6.79. The van der Waals surface area contributed by atoms with Gasteiger partial charge >= 0.3 is 0 Å². The van der Waals surface area contributed by atoms with Crippen molar-refractivity contribution in [3.8, 4) is 0 Å². The molecule has 2 rings (SSSR count). The average Bonchev–Trinajstić information content (AvgIpc) is 2.61. The van der Waals surface area contributed by atoms with Gasteiger partial charge in [0.25, 0.3) is 0 Å². The maximum absolute atomic E-state index is 5.84. The lowest BCUT2D eigenvalue weighted by Gasteiger charge is -1.97. The predicted molar refractivity (Wildman–Crippen MR) is 38.8 cm³/mol. The Bertz CT molecular complexity index is 264. The maximum Gasteiger partial charge on any atom is 0.246 e. The van der Waals surface area contributed by atoms with E-state index in [1.807, 2.05) is 6.92 Å². The van der Waals surface area contributed by atoms with Crippen LogP contribution in [0.2, 0.25) is 0 Å². The summed E-state index contributed by atoms with van der Waals surface area (Å²) < 4.78 is 5.00. The van der Waals surface area contributed by atoms with Gasteiger partial charge in [-0.3, -0.25) is 0 Å². The average molecular weight is 153 g/mol. The quantitative estimate of drug-likeness (QED) is 0.675. The van der Waals surface area contributed by atoms with Crippen molar-refractivity contribution in [1.29, 1.82) is 0 Å². The molecule has 60 valence electrons. The molecule has 0 radical (unpaired) electrons. The van der Waals surface area contributed by atoms with Gasteiger partial charge in [0, 0.05) is 6.42 Å². The van der Waals surface area contributed by atoms with Gasteiger partial charge in [0.1, 0.15) is 0 Å². The van der Waals surface area contributed by atoms with Crippen LogP contribution in [0.5, 0.6) is 0 Å². The molecule has 4 nitrogen and oxygen atoms in total. The van der Waals surface area contributed by atoms with Crippen LogP contribution in [0.15, 0.2) is 4.52 Å². The zero-order valence-electron chi connectivity index (χ0n) is 6.50. The van der Waals surface area contributed by atoms with E-state index >= 15 is 0 Å². The SMILES string of the molecule is CCc1noc(C2(N)CC2)n1. The number of aryl methyl sites for hydroxylation is 1. The summed E-state index contributed by atoms with van der Waals surface area (Å²) in [5, 5.41) is 3.78. The molecule has 1 saturated carbocycles. The molecule has 4 heteroatoms. The molecule has 0 aliphatic heterocycles. The Morgan fingerprint density at radius 2 is 2.36 bits per heavy atom. The second-order valence-electron chi connectivity index (χ2n) is 3.03. The Kier molecular flexibility index (Phi) is 1.26. The molecule has 0 bridgehead atoms. The summed E-state index contributed by atoms with van der Waals surface area (Å²) in [5.74, 6) is 1.35. The Morgan fingerprint density at radius 1 is 1.64 bits per heavy atom. The van der Waals surface area contributed by atoms with E-state index in [0.717, 1.165) is 25.1 Å². The van der Waals surface area contributed by atoms with E-state index < -0.39 is 0 Å². The molecule has 0 unspecified atom stereocenters. The van der Waals surface area contributed by atoms with Crippen molar-refractivity contribution in [3.63, 3.8) is 0 Å². The summed E-state index contributed by atoms with van der Waals surface area (Å²) >= 11 is 0. The number of nitrogens with zero attached hydrogens (tertiary/aromatic N) is 2. The summed E-state index contributed by atoms with van der Waals surface area (Å²) in [6.07, 6.45) is 2.75. The van der Waals surface area contributed by atoms with E-state index in [0.29, 0.717) is 5.89 Å². The number of aromatic nitrogens is 2.